The van der Waals surface area contributed by atoms with Gasteiger partial charge in [0.05, 0.1) is 23.7 Å². The molecule has 1 aromatic carbocycles. The number of phenols is 1. The molecule has 0 saturated carbocycles. The first-order valence-corrected chi connectivity index (χ1v) is 5.39. The predicted octanol–water partition coefficient (Wildman–Crippen LogP) is 0.597. The molecule has 15 heavy (non-hydrogen) atoms. The van der Waals surface area contributed by atoms with Crippen molar-refractivity contribution in [2.75, 3.05) is 13.2 Å². The molecule has 0 radical (unpaired) electrons. The molecule has 84 valence electrons. The van der Waals surface area contributed by atoms with Crippen LogP contribution in [0.1, 0.15) is 5.56 Å². The number of aromatic hydroxyl groups is 1. The second-order valence-electron chi connectivity index (χ2n) is 3.23. The molecule has 5 heteroatoms. The Kier molecular flexibility index (Phi) is 5.04. The maximum absolute atomic E-state index is 9.27. The molecular formula is C10H14BrNO3. The zero-order chi connectivity index (χ0) is 11.3. The summed E-state index contributed by atoms with van der Waals surface area (Å²) in [5, 5.41) is 29.9. The van der Waals surface area contributed by atoms with Gasteiger partial charge in [-0.25, -0.2) is 0 Å². The number of rotatable bonds is 5. The van der Waals surface area contributed by atoms with Crippen molar-refractivity contribution >= 4 is 15.9 Å². The third-order valence-electron chi connectivity index (χ3n) is 2.05. The van der Waals surface area contributed by atoms with Crippen LogP contribution in [0.15, 0.2) is 22.7 Å². The van der Waals surface area contributed by atoms with Crippen LogP contribution in [0.4, 0.5) is 0 Å². The Morgan fingerprint density at radius 3 is 2.47 bits per heavy atom. The highest BCUT2D eigenvalue weighted by Crippen LogP contribution is 2.24. The SMILES string of the molecule is OCC(CO)NCc1ccc(O)c(Br)c1. The molecule has 0 aliphatic heterocycles. The van der Waals surface area contributed by atoms with Crippen LogP contribution >= 0.6 is 15.9 Å². The van der Waals surface area contributed by atoms with Gasteiger partial charge < -0.3 is 20.6 Å². The van der Waals surface area contributed by atoms with E-state index in [0.29, 0.717) is 11.0 Å². The van der Waals surface area contributed by atoms with E-state index in [1.54, 1.807) is 18.2 Å². The molecular weight excluding hydrogens is 262 g/mol. The van der Waals surface area contributed by atoms with E-state index in [4.69, 9.17) is 10.2 Å². The molecule has 0 atom stereocenters. The van der Waals surface area contributed by atoms with E-state index in [2.05, 4.69) is 21.2 Å². The molecule has 0 amide bonds. The van der Waals surface area contributed by atoms with Gasteiger partial charge in [-0.3, -0.25) is 0 Å². The maximum Gasteiger partial charge on any atom is 0.129 e. The van der Waals surface area contributed by atoms with Crippen LogP contribution in [0.25, 0.3) is 0 Å². The van der Waals surface area contributed by atoms with E-state index in [1.807, 2.05) is 0 Å². The lowest BCUT2D eigenvalue weighted by molar-refractivity contribution is 0.170. The first kappa shape index (κ1) is 12.4. The summed E-state index contributed by atoms with van der Waals surface area (Å²) in [5.74, 6) is 0.194. The van der Waals surface area contributed by atoms with Crippen LogP contribution in [0.2, 0.25) is 0 Å². The van der Waals surface area contributed by atoms with Gasteiger partial charge in [0, 0.05) is 6.54 Å². The van der Waals surface area contributed by atoms with Crippen LogP contribution in [0.3, 0.4) is 0 Å². The molecule has 0 fully saturated rings. The Labute approximate surface area is 96.7 Å². The first-order chi connectivity index (χ1) is 7.17. The second kappa shape index (κ2) is 6.07. The smallest absolute Gasteiger partial charge is 0.129 e. The summed E-state index contributed by atoms with van der Waals surface area (Å²) in [6.07, 6.45) is 0. The van der Waals surface area contributed by atoms with Gasteiger partial charge in [-0.05, 0) is 33.6 Å². The molecule has 0 spiro atoms. The summed E-state index contributed by atoms with van der Waals surface area (Å²) >= 11 is 3.21. The summed E-state index contributed by atoms with van der Waals surface area (Å²) in [6, 6.07) is 4.85. The van der Waals surface area contributed by atoms with E-state index in [9.17, 15) is 5.11 Å². The highest BCUT2D eigenvalue weighted by molar-refractivity contribution is 9.10. The van der Waals surface area contributed by atoms with Crippen molar-refractivity contribution in [2.45, 2.75) is 12.6 Å². The number of aliphatic hydroxyl groups is 2. The molecule has 4 nitrogen and oxygen atoms in total. The first-order valence-electron chi connectivity index (χ1n) is 4.60. The largest absolute Gasteiger partial charge is 0.507 e. The summed E-state index contributed by atoms with van der Waals surface area (Å²) in [4.78, 5) is 0. The average molecular weight is 276 g/mol. The number of hydrogen-bond acceptors (Lipinski definition) is 4. The predicted molar refractivity (Wildman–Crippen MR) is 60.6 cm³/mol. The molecule has 0 aliphatic rings. The number of hydrogen-bond donors (Lipinski definition) is 4. The monoisotopic (exact) mass is 275 g/mol. The third-order valence-corrected chi connectivity index (χ3v) is 2.68. The minimum atomic E-state index is -0.308. The van der Waals surface area contributed by atoms with Gasteiger partial charge in [-0.15, -0.1) is 0 Å². The van der Waals surface area contributed by atoms with Crippen LogP contribution in [0, 0.1) is 0 Å². The number of aliphatic hydroxyl groups excluding tert-OH is 2. The molecule has 1 rings (SSSR count). The minimum Gasteiger partial charge on any atom is -0.507 e. The van der Waals surface area contributed by atoms with E-state index in [-0.39, 0.29) is 25.0 Å². The minimum absolute atomic E-state index is 0.101. The zero-order valence-electron chi connectivity index (χ0n) is 8.15. The van der Waals surface area contributed by atoms with Crippen LogP contribution in [-0.2, 0) is 6.54 Å². The Balaban J connectivity index is 2.54. The Morgan fingerprint density at radius 1 is 1.27 bits per heavy atom. The zero-order valence-corrected chi connectivity index (χ0v) is 9.74. The van der Waals surface area contributed by atoms with Gasteiger partial charge in [-0.1, -0.05) is 6.07 Å². The molecule has 0 heterocycles. The van der Waals surface area contributed by atoms with Crippen LogP contribution in [0.5, 0.6) is 5.75 Å². The molecule has 0 aromatic heterocycles. The molecule has 0 aliphatic carbocycles. The van der Waals surface area contributed by atoms with Crippen molar-refractivity contribution in [3.8, 4) is 5.75 Å². The molecule has 4 N–H and O–H groups in total. The molecule has 0 saturated heterocycles. The third kappa shape index (κ3) is 3.79. The van der Waals surface area contributed by atoms with Gasteiger partial charge in [0.15, 0.2) is 0 Å². The molecule has 1 aromatic rings. The lowest BCUT2D eigenvalue weighted by atomic mass is 10.2. The topological polar surface area (TPSA) is 72.7 Å². The number of nitrogens with one attached hydrogen (secondary N) is 1. The maximum atomic E-state index is 9.27. The highest BCUT2D eigenvalue weighted by Gasteiger charge is 2.05. The number of phenolic OH excluding ortho intramolecular Hbond substituents is 1. The van der Waals surface area contributed by atoms with Crippen molar-refractivity contribution in [1.82, 2.24) is 5.32 Å². The fourth-order valence-corrected chi connectivity index (χ4v) is 1.54. The fourth-order valence-electron chi connectivity index (χ4n) is 1.11. The van der Waals surface area contributed by atoms with E-state index in [1.165, 1.54) is 0 Å². The second-order valence-corrected chi connectivity index (χ2v) is 4.08. The normalized spacial score (nSPS) is 10.9. The van der Waals surface area contributed by atoms with Crippen molar-refractivity contribution in [1.29, 1.82) is 0 Å². The highest BCUT2D eigenvalue weighted by atomic mass is 79.9. The quantitative estimate of drug-likeness (QED) is 0.635. The average Bonchev–Trinajstić information content (AvgIpc) is 2.24. The van der Waals surface area contributed by atoms with Gasteiger partial charge in [-0.2, -0.15) is 0 Å². The lowest BCUT2D eigenvalue weighted by Crippen LogP contribution is -2.35. The van der Waals surface area contributed by atoms with Crippen molar-refractivity contribution < 1.29 is 15.3 Å². The van der Waals surface area contributed by atoms with Crippen molar-refractivity contribution in [3.63, 3.8) is 0 Å². The molecule has 0 bridgehead atoms. The van der Waals surface area contributed by atoms with Crippen LogP contribution < -0.4 is 5.32 Å². The Morgan fingerprint density at radius 2 is 1.93 bits per heavy atom. The molecule has 0 unspecified atom stereocenters. The van der Waals surface area contributed by atoms with Gasteiger partial charge >= 0.3 is 0 Å². The van der Waals surface area contributed by atoms with E-state index >= 15 is 0 Å². The summed E-state index contributed by atoms with van der Waals surface area (Å²) in [7, 11) is 0. The van der Waals surface area contributed by atoms with E-state index < -0.39 is 0 Å². The van der Waals surface area contributed by atoms with Crippen molar-refractivity contribution in [2.24, 2.45) is 0 Å². The summed E-state index contributed by atoms with van der Waals surface area (Å²) in [5.41, 5.74) is 0.964. The number of halogens is 1. The standard InChI is InChI=1S/C10H14BrNO3/c11-9-3-7(1-2-10(9)15)4-12-8(5-13)6-14/h1-3,8,12-15H,4-6H2. The Bertz CT molecular complexity index is 316. The summed E-state index contributed by atoms with van der Waals surface area (Å²) < 4.78 is 0.631. The Hall–Kier alpha value is -0.620. The number of benzene rings is 1. The van der Waals surface area contributed by atoms with E-state index in [0.717, 1.165) is 5.56 Å². The summed E-state index contributed by atoms with van der Waals surface area (Å²) in [6.45, 7) is 0.330. The fraction of sp³-hybridized carbons (Fsp3) is 0.400. The van der Waals surface area contributed by atoms with Crippen molar-refractivity contribution in [3.05, 3.63) is 28.2 Å². The van der Waals surface area contributed by atoms with Gasteiger partial charge in [0.1, 0.15) is 5.75 Å². The van der Waals surface area contributed by atoms with Gasteiger partial charge in [0.25, 0.3) is 0 Å². The lowest BCUT2D eigenvalue weighted by Gasteiger charge is -2.13. The van der Waals surface area contributed by atoms with Gasteiger partial charge in [0.2, 0.25) is 0 Å². The van der Waals surface area contributed by atoms with Crippen LogP contribution in [-0.4, -0.2) is 34.6 Å².